The zero-order chi connectivity index (χ0) is 22.2. The number of benzene rings is 2. The Hall–Kier alpha value is -2.90. The third kappa shape index (κ3) is 6.80. The molecule has 0 saturated carbocycles. The highest BCUT2D eigenvalue weighted by molar-refractivity contribution is 5.93. The van der Waals surface area contributed by atoms with E-state index in [4.69, 9.17) is 4.74 Å². The number of morpholine rings is 1. The molecule has 0 aliphatic carbocycles. The third-order valence-corrected chi connectivity index (χ3v) is 5.31. The van der Waals surface area contributed by atoms with Crippen molar-refractivity contribution >= 4 is 28.9 Å². The van der Waals surface area contributed by atoms with Gasteiger partial charge in [-0.2, -0.15) is 0 Å². The van der Waals surface area contributed by atoms with Gasteiger partial charge in [-0.25, -0.2) is 0 Å². The van der Waals surface area contributed by atoms with Crippen molar-refractivity contribution in [1.82, 2.24) is 0 Å². The maximum Gasteiger partial charge on any atom is 0.279 e. The molecule has 3 N–H and O–H groups in total. The van der Waals surface area contributed by atoms with Gasteiger partial charge in [0.05, 0.1) is 20.3 Å². The first kappa shape index (κ1) is 22.8. The third-order valence-electron chi connectivity index (χ3n) is 5.31. The van der Waals surface area contributed by atoms with Crippen LogP contribution in [0.15, 0.2) is 48.5 Å². The number of para-hydroxylation sites is 1. The molecule has 1 aliphatic heterocycles. The van der Waals surface area contributed by atoms with Crippen LogP contribution in [-0.2, 0) is 14.3 Å². The fourth-order valence-corrected chi connectivity index (χ4v) is 3.70. The van der Waals surface area contributed by atoms with Gasteiger partial charge in [0.25, 0.3) is 11.8 Å². The second kappa shape index (κ2) is 10.9. The molecule has 1 atom stereocenters. The first-order valence-electron chi connectivity index (χ1n) is 10.8. The van der Waals surface area contributed by atoms with Crippen LogP contribution in [0.25, 0.3) is 0 Å². The molecule has 3 rings (SSSR count). The van der Waals surface area contributed by atoms with Crippen LogP contribution in [0.3, 0.4) is 0 Å². The molecule has 0 radical (unpaired) electrons. The predicted molar refractivity (Wildman–Crippen MR) is 124 cm³/mol. The van der Waals surface area contributed by atoms with E-state index in [9.17, 15) is 9.59 Å². The number of hydrogen-bond acceptors (Lipinski definition) is 4. The van der Waals surface area contributed by atoms with Crippen LogP contribution in [0.4, 0.5) is 17.1 Å². The molecule has 0 bridgehead atoms. The highest BCUT2D eigenvalue weighted by atomic mass is 16.5. The van der Waals surface area contributed by atoms with Crippen molar-refractivity contribution in [3.8, 4) is 0 Å². The number of quaternary nitrogens is 1. The zero-order valence-corrected chi connectivity index (χ0v) is 18.6. The molecule has 2 aromatic carbocycles. The number of likely N-dealkylation sites (N-methyl/N-ethyl adjacent to an activating group) is 1. The molecule has 0 aromatic heterocycles. The number of nitrogens with one attached hydrogen (secondary N) is 3. The summed E-state index contributed by atoms with van der Waals surface area (Å²) in [7, 11) is 1.84. The van der Waals surface area contributed by atoms with E-state index in [1.165, 1.54) is 0 Å². The summed E-state index contributed by atoms with van der Waals surface area (Å²) >= 11 is 0. The lowest BCUT2D eigenvalue weighted by atomic mass is 10.0. The van der Waals surface area contributed by atoms with Crippen LogP contribution >= 0.6 is 0 Å². The number of rotatable bonds is 8. The Morgan fingerprint density at radius 3 is 2.23 bits per heavy atom. The quantitative estimate of drug-likeness (QED) is 0.602. The van der Waals surface area contributed by atoms with Crippen molar-refractivity contribution in [3.05, 3.63) is 54.1 Å². The van der Waals surface area contributed by atoms with Gasteiger partial charge in [-0.05, 0) is 41.8 Å². The normalized spacial score (nSPS) is 14.9. The summed E-state index contributed by atoms with van der Waals surface area (Å²) in [5.74, 6) is 0.0993. The smallest absolute Gasteiger partial charge is 0.279 e. The first-order valence-corrected chi connectivity index (χ1v) is 10.8. The molecule has 166 valence electrons. The Kier molecular flexibility index (Phi) is 8.03. The van der Waals surface area contributed by atoms with E-state index in [1.807, 2.05) is 55.6 Å². The molecule has 1 saturated heterocycles. The Bertz CT molecular complexity index is 877. The number of amides is 2. The standard InChI is InChI=1S/C24H32N4O3/c1-18(2)21-6-4-5-7-22(21)26-24(30)17-27(3)16-23(29)25-19-8-10-20(11-9-19)28-12-14-31-15-13-28/h4-11,18H,12-17H2,1-3H3,(H,25,29)(H,26,30)/p+1. The van der Waals surface area contributed by atoms with Crippen molar-refractivity contribution in [2.45, 2.75) is 19.8 Å². The number of carbonyl (C=O) groups is 2. The summed E-state index contributed by atoms with van der Waals surface area (Å²) in [4.78, 5) is 27.9. The largest absolute Gasteiger partial charge is 0.378 e. The minimum atomic E-state index is -0.119. The molecular weight excluding hydrogens is 392 g/mol. The van der Waals surface area contributed by atoms with Gasteiger partial charge in [-0.3, -0.25) is 9.59 Å². The number of carbonyl (C=O) groups excluding carboxylic acids is 2. The topological polar surface area (TPSA) is 75.1 Å². The zero-order valence-electron chi connectivity index (χ0n) is 18.6. The lowest BCUT2D eigenvalue weighted by molar-refractivity contribution is -0.862. The molecule has 1 fully saturated rings. The van der Waals surface area contributed by atoms with Crippen molar-refractivity contribution in [2.24, 2.45) is 0 Å². The van der Waals surface area contributed by atoms with Gasteiger partial charge in [0.2, 0.25) is 0 Å². The Morgan fingerprint density at radius 2 is 1.58 bits per heavy atom. The van der Waals surface area contributed by atoms with Crippen LogP contribution < -0.4 is 20.4 Å². The number of ether oxygens (including phenoxy) is 1. The summed E-state index contributed by atoms with van der Waals surface area (Å²) in [5, 5.41) is 5.89. The number of nitrogens with zero attached hydrogens (tertiary/aromatic N) is 1. The first-order chi connectivity index (χ1) is 14.9. The highest BCUT2D eigenvalue weighted by Crippen LogP contribution is 2.23. The SMILES string of the molecule is CC(C)c1ccccc1NC(=O)C[NH+](C)CC(=O)Nc1ccc(N2CCOCC2)cc1. The van der Waals surface area contributed by atoms with Gasteiger partial charge in [0.1, 0.15) is 0 Å². The fourth-order valence-electron chi connectivity index (χ4n) is 3.70. The van der Waals surface area contributed by atoms with Crippen molar-refractivity contribution < 1.29 is 19.2 Å². The van der Waals surface area contributed by atoms with Crippen molar-refractivity contribution in [3.63, 3.8) is 0 Å². The van der Waals surface area contributed by atoms with E-state index in [0.717, 1.165) is 53.8 Å². The predicted octanol–water partition coefficient (Wildman–Crippen LogP) is 1.74. The van der Waals surface area contributed by atoms with E-state index in [-0.39, 0.29) is 24.9 Å². The van der Waals surface area contributed by atoms with Crippen LogP contribution in [0, 0.1) is 0 Å². The molecule has 7 nitrogen and oxygen atoms in total. The Morgan fingerprint density at radius 1 is 0.968 bits per heavy atom. The Balaban J connectivity index is 1.46. The molecule has 1 unspecified atom stereocenters. The lowest BCUT2D eigenvalue weighted by Crippen LogP contribution is -3.11. The van der Waals surface area contributed by atoms with Gasteiger partial charge in [0.15, 0.2) is 13.1 Å². The number of anilines is 3. The molecular formula is C24H33N4O3+. The fraction of sp³-hybridized carbons (Fsp3) is 0.417. The van der Waals surface area contributed by atoms with E-state index in [1.54, 1.807) is 0 Å². The maximum atomic E-state index is 12.4. The van der Waals surface area contributed by atoms with E-state index in [0.29, 0.717) is 5.92 Å². The van der Waals surface area contributed by atoms with Crippen LogP contribution in [0.2, 0.25) is 0 Å². The minimum absolute atomic E-state index is 0.103. The van der Waals surface area contributed by atoms with E-state index < -0.39 is 0 Å². The Labute approximate surface area is 184 Å². The maximum absolute atomic E-state index is 12.4. The van der Waals surface area contributed by atoms with Crippen LogP contribution in [0.5, 0.6) is 0 Å². The molecule has 1 heterocycles. The number of hydrogen-bond donors (Lipinski definition) is 3. The summed E-state index contributed by atoms with van der Waals surface area (Å²) in [6.07, 6.45) is 0. The van der Waals surface area contributed by atoms with Crippen molar-refractivity contribution in [2.75, 3.05) is 62.0 Å². The van der Waals surface area contributed by atoms with Gasteiger partial charge in [-0.1, -0.05) is 32.0 Å². The minimum Gasteiger partial charge on any atom is -0.378 e. The summed E-state index contributed by atoms with van der Waals surface area (Å²) < 4.78 is 5.38. The van der Waals surface area contributed by atoms with Gasteiger partial charge < -0.3 is 25.2 Å². The summed E-state index contributed by atoms with van der Waals surface area (Å²) in [6, 6.07) is 15.7. The van der Waals surface area contributed by atoms with Crippen LogP contribution in [0.1, 0.15) is 25.3 Å². The van der Waals surface area contributed by atoms with Crippen molar-refractivity contribution in [1.29, 1.82) is 0 Å². The highest BCUT2D eigenvalue weighted by Gasteiger charge is 2.16. The van der Waals surface area contributed by atoms with Crippen LogP contribution in [-0.4, -0.2) is 58.3 Å². The molecule has 0 spiro atoms. The average Bonchev–Trinajstić information content (AvgIpc) is 2.74. The molecule has 7 heteroatoms. The van der Waals surface area contributed by atoms with E-state index >= 15 is 0 Å². The molecule has 31 heavy (non-hydrogen) atoms. The lowest BCUT2D eigenvalue weighted by Gasteiger charge is -2.28. The van der Waals surface area contributed by atoms with E-state index in [2.05, 4.69) is 29.4 Å². The summed E-state index contributed by atoms with van der Waals surface area (Å²) in [5.41, 5.74) is 3.82. The molecule has 1 aliphatic rings. The summed E-state index contributed by atoms with van der Waals surface area (Å²) in [6.45, 7) is 7.86. The van der Waals surface area contributed by atoms with Gasteiger partial charge in [0, 0.05) is 30.2 Å². The molecule has 2 amide bonds. The van der Waals surface area contributed by atoms with Gasteiger partial charge in [-0.15, -0.1) is 0 Å². The second-order valence-corrected chi connectivity index (χ2v) is 8.30. The van der Waals surface area contributed by atoms with Gasteiger partial charge >= 0.3 is 0 Å². The monoisotopic (exact) mass is 425 g/mol. The molecule has 2 aromatic rings. The average molecular weight is 426 g/mol. The second-order valence-electron chi connectivity index (χ2n) is 8.30.